The van der Waals surface area contributed by atoms with E-state index in [1.807, 2.05) is 0 Å². The Morgan fingerprint density at radius 3 is 2.58 bits per heavy atom. The van der Waals surface area contributed by atoms with E-state index in [2.05, 4.69) is 5.32 Å². The van der Waals surface area contributed by atoms with E-state index < -0.39 is 23.4 Å². The SMILES string of the molecule is O=C(CC1CCOCC1)Nc1ccc(F)c(F)c1F. The molecule has 0 unspecified atom stereocenters. The van der Waals surface area contributed by atoms with Gasteiger partial charge in [0.2, 0.25) is 5.91 Å². The van der Waals surface area contributed by atoms with Crippen molar-refractivity contribution in [3.8, 4) is 0 Å². The lowest BCUT2D eigenvalue weighted by Crippen LogP contribution is -2.22. The van der Waals surface area contributed by atoms with Gasteiger partial charge < -0.3 is 10.1 Å². The maximum Gasteiger partial charge on any atom is 0.224 e. The molecule has 3 nitrogen and oxygen atoms in total. The average Bonchev–Trinajstić information content (AvgIpc) is 2.41. The van der Waals surface area contributed by atoms with Crippen LogP contribution in [0.2, 0.25) is 0 Å². The zero-order valence-electron chi connectivity index (χ0n) is 10.2. The highest BCUT2D eigenvalue weighted by molar-refractivity contribution is 5.90. The Kier molecular flexibility index (Phi) is 4.42. The van der Waals surface area contributed by atoms with E-state index in [-0.39, 0.29) is 18.0 Å². The largest absolute Gasteiger partial charge is 0.381 e. The molecule has 0 spiro atoms. The normalized spacial score (nSPS) is 16.4. The minimum absolute atomic E-state index is 0.183. The lowest BCUT2D eigenvalue weighted by atomic mass is 9.96. The summed E-state index contributed by atoms with van der Waals surface area (Å²) in [7, 11) is 0. The molecule has 6 heteroatoms. The Bertz CT molecular complexity index is 473. The zero-order chi connectivity index (χ0) is 13.8. The molecule has 0 aliphatic carbocycles. The van der Waals surface area contributed by atoms with Crippen molar-refractivity contribution in [3.05, 3.63) is 29.6 Å². The first-order valence-electron chi connectivity index (χ1n) is 6.09. The van der Waals surface area contributed by atoms with Crippen LogP contribution in [0.1, 0.15) is 19.3 Å². The van der Waals surface area contributed by atoms with Gasteiger partial charge in [-0.3, -0.25) is 4.79 Å². The molecule has 2 rings (SSSR count). The van der Waals surface area contributed by atoms with Gasteiger partial charge in [0.1, 0.15) is 0 Å². The molecule has 104 valence electrons. The maximum absolute atomic E-state index is 13.4. The second kappa shape index (κ2) is 6.06. The summed E-state index contributed by atoms with van der Waals surface area (Å²) in [5, 5.41) is 2.26. The molecule has 1 N–H and O–H groups in total. The van der Waals surface area contributed by atoms with Crippen molar-refractivity contribution in [3.63, 3.8) is 0 Å². The first-order chi connectivity index (χ1) is 9.08. The summed E-state index contributed by atoms with van der Waals surface area (Å²) in [6.07, 6.45) is 1.77. The molecule has 1 aromatic rings. The molecule has 0 bridgehead atoms. The fraction of sp³-hybridized carbons (Fsp3) is 0.462. The molecule has 0 atom stereocenters. The summed E-state index contributed by atoms with van der Waals surface area (Å²) in [4.78, 5) is 11.7. The van der Waals surface area contributed by atoms with Crippen LogP contribution in [0, 0.1) is 23.4 Å². The third-order valence-electron chi connectivity index (χ3n) is 3.12. The molecular weight excluding hydrogens is 259 g/mol. The van der Waals surface area contributed by atoms with Gasteiger partial charge in [0.15, 0.2) is 17.5 Å². The molecule has 1 aromatic carbocycles. The van der Waals surface area contributed by atoms with E-state index in [4.69, 9.17) is 4.74 Å². The molecule has 1 fully saturated rings. The molecular formula is C13H14F3NO2. The van der Waals surface area contributed by atoms with Crippen molar-refractivity contribution in [1.82, 2.24) is 0 Å². The Labute approximate surface area is 108 Å². The van der Waals surface area contributed by atoms with E-state index >= 15 is 0 Å². The van der Waals surface area contributed by atoms with Crippen LogP contribution in [0.4, 0.5) is 18.9 Å². The van der Waals surface area contributed by atoms with E-state index in [0.29, 0.717) is 13.2 Å². The van der Waals surface area contributed by atoms with Gasteiger partial charge in [0.05, 0.1) is 5.69 Å². The number of hydrogen-bond acceptors (Lipinski definition) is 2. The Balaban J connectivity index is 1.97. The van der Waals surface area contributed by atoms with Crippen LogP contribution in [0.15, 0.2) is 12.1 Å². The molecule has 1 amide bonds. The second-order valence-corrected chi connectivity index (χ2v) is 4.53. The standard InChI is InChI=1S/C13H14F3NO2/c14-9-1-2-10(13(16)12(9)15)17-11(18)7-8-3-5-19-6-4-8/h1-2,8H,3-7H2,(H,17,18). The number of rotatable bonds is 3. The first-order valence-corrected chi connectivity index (χ1v) is 6.09. The number of halogens is 3. The van der Waals surface area contributed by atoms with Crippen LogP contribution in [-0.2, 0) is 9.53 Å². The molecule has 1 aliphatic rings. The van der Waals surface area contributed by atoms with Crippen LogP contribution < -0.4 is 5.32 Å². The summed E-state index contributed by atoms with van der Waals surface area (Å²) >= 11 is 0. The predicted octanol–water partition coefficient (Wildman–Crippen LogP) is 2.86. The predicted molar refractivity (Wildman–Crippen MR) is 63.1 cm³/mol. The Morgan fingerprint density at radius 1 is 1.21 bits per heavy atom. The van der Waals surface area contributed by atoms with Gasteiger partial charge in [-0.2, -0.15) is 0 Å². The number of amides is 1. The van der Waals surface area contributed by atoms with E-state index in [1.165, 1.54) is 0 Å². The van der Waals surface area contributed by atoms with Crippen LogP contribution in [0.25, 0.3) is 0 Å². The highest BCUT2D eigenvalue weighted by Crippen LogP contribution is 2.22. The molecule has 19 heavy (non-hydrogen) atoms. The summed E-state index contributed by atoms with van der Waals surface area (Å²) in [6, 6.07) is 1.79. The number of nitrogens with one attached hydrogen (secondary N) is 1. The van der Waals surface area contributed by atoms with Crippen molar-refractivity contribution < 1.29 is 22.7 Å². The topological polar surface area (TPSA) is 38.3 Å². The quantitative estimate of drug-likeness (QED) is 0.860. The lowest BCUT2D eigenvalue weighted by molar-refractivity contribution is -0.117. The average molecular weight is 273 g/mol. The van der Waals surface area contributed by atoms with Crippen LogP contribution in [0.5, 0.6) is 0 Å². The number of benzene rings is 1. The highest BCUT2D eigenvalue weighted by atomic mass is 19.2. The number of carbonyl (C=O) groups excluding carboxylic acids is 1. The van der Waals surface area contributed by atoms with Crippen molar-refractivity contribution in [2.75, 3.05) is 18.5 Å². The van der Waals surface area contributed by atoms with Gasteiger partial charge in [0.25, 0.3) is 0 Å². The third kappa shape index (κ3) is 3.47. The van der Waals surface area contributed by atoms with E-state index in [9.17, 15) is 18.0 Å². The first kappa shape index (κ1) is 13.9. The zero-order valence-corrected chi connectivity index (χ0v) is 10.2. The third-order valence-corrected chi connectivity index (χ3v) is 3.12. The summed E-state index contributed by atoms with van der Waals surface area (Å²) in [6.45, 7) is 1.22. The smallest absolute Gasteiger partial charge is 0.224 e. The maximum atomic E-state index is 13.4. The fourth-order valence-electron chi connectivity index (χ4n) is 2.04. The van der Waals surface area contributed by atoms with Crippen molar-refractivity contribution >= 4 is 11.6 Å². The summed E-state index contributed by atoms with van der Waals surface area (Å²) < 4.78 is 44.2. The van der Waals surface area contributed by atoms with Gasteiger partial charge in [0, 0.05) is 19.6 Å². The van der Waals surface area contributed by atoms with Gasteiger partial charge in [-0.25, -0.2) is 13.2 Å². The number of carbonyl (C=O) groups is 1. The van der Waals surface area contributed by atoms with E-state index in [0.717, 1.165) is 25.0 Å². The Morgan fingerprint density at radius 2 is 1.89 bits per heavy atom. The number of anilines is 1. The molecule has 1 aliphatic heterocycles. The van der Waals surface area contributed by atoms with Crippen molar-refractivity contribution in [2.24, 2.45) is 5.92 Å². The Hall–Kier alpha value is -1.56. The highest BCUT2D eigenvalue weighted by Gasteiger charge is 2.19. The van der Waals surface area contributed by atoms with Crippen molar-refractivity contribution in [1.29, 1.82) is 0 Å². The molecule has 1 saturated heterocycles. The molecule has 1 heterocycles. The van der Waals surface area contributed by atoms with Gasteiger partial charge >= 0.3 is 0 Å². The van der Waals surface area contributed by atoms with Crippen molar-refractivity contribution in [2.45, 2.75) is 19.3 Å². The molecule has 0 aromatic heterocycles. The van der Waals surface area contributed by atoms with Gasteiger partial charge in [-0.1, -0.05) is 0 Å². The van der Waals surface area contributed by atoms with Crippen LogP contribution >= 0.6 is 0 Å². The van der Waals surface area contributed by atoms with Gasteiger partial charge in [-0.15, -0.1) is 0 Å². The minimum Gasteiger partial charge on any atom is -0.381 e. The number of ether oxygens (including phenoxy) is 1. The minimum atomic E-state index is -1.58. The van der Waals surface area contributed by atoms with Crippen LogP contribution in [0.3, 0.4) is 0 Å². The monoisotopic (exact) mass is 273 g/mol. The fourth-order valence-corrected chi connectivity index (χ4v) is 2.04. The molecule has 0 saturated carbocycles. The summed E-state index contributed by atoms with van der Waals surface area (Å²) in [5.74, 6) is -4.46. The second-order valence-electron chi connectivity index (χ2n) is 4.53. The number of hydrogen-bond donors (Lipinski definition) is 1. The van der Waals surface area contributed by atoms with E-state index in [1.54, 1.807) is 0 Å². The molecule has 0 radical (unpaired) electrons. The lowest BCUT2D eigenvalue weighted by Gasteiger charge is -2.21. The van der Waals surface area contributed by atoms with Gasteiger partial charge in [-0.05, 0) is 30.9 Å². The van der Waals surface area contributed by atoms with Crippen LogP contribution in [-0.4, -0.2) is 19.1 Å². The summed E-state index contributed by atoms with van der Waals surface area (Å²) in [5.41, 5.74) is -0.337.